The zero-order chi connectivity index (χ0) is 16.2. The van der Waals surface area contributed by atoms with Crippen LogP contribution in [-0.4, -0.2) is 47.2 Å². The van der Waals surface area contributed by atoms with Crippen LogP contribution in [0.1, 0.15) is 42.6 Å². The summed E-state index contributed by atoms with van der Waals surface area (Å²) >= 11 is 0. The van der Waals surface area contributed by atoms with E-state index >= 15 is 0 Å². The van der Waals surface area contributed by atoms with Gasteiger partial charge in [0.05, 0.1) is 0 Å². The van der Waals surface area contributed by atoms with Gasteiger partial charge in [-0.3, -0.25) is 19.7 Å². The second-order valence-corrected chi connectivity index (χ2v) is 5.90. The minimum atomic E-state index is -0.353. The standard InChI is InChI=1S/C15H20N4O4/c20-12-3-1-7-19(12)8-2-6-16-14(22)11-9-23-15(17-11)18-13(21)10-4-5-10/h9-10H,1-8H2,(H,16,22)(H,17,18,21). The van der Waals surface area contributed by atoms with Gasteiger partial charge in [0.2, 0.25) is 11.8 Å². The number of carbonyl (C=O) groups excluding carboxylic acids is 3. The summed E-state index contributed by atoms with van der Waals surface area (Å²) in [6.07, 6.45) is 5.24. The van der Waals surface area contributed by atoms with Gasteiger partial charge < -0.3 is 14.6 Å². The third kappa shape index (κ3) is 4.08. The molecule has 1 aliphatic heterocycles. The van der Waals surface area contributed by atoms with E-state index in [9.17, 15) is 14.4 Å². The molecule has 1 aromatic heterocycles. The second kappa shape index (κ2) is 6.80. The number of likely N-dealkylation sites (tertiary alicyclic amines) is 1. The van der Waals surface area contributed by atoms with Crippen molar-refractivity contribution in [1.82, 2.24) is 15.2 Å². The maximum atomic E-state index is 11.9. The molecular weight excluding hydrogens is 300 g/mol. The van der Waals surface area contributed by atoms with Gasteiger partial charge in [0.15, 0.2) is 5.69 Å². The van der Waals surface area contributed by atoms with E-state index < -0.39 is 0 Å². The quantitative estimate of drug-likeness (QED) is 0.722. The summed E-state index contributed by atoms with van der Waals surface area (Å²) in [6.45, 7) is 1.92. The number of anilines is 1. The first kappa shape index (κ1) is 15.5. The molecule has 1 aromatic rings. The van der Waals surface area contributed by atoms with Crippen LogP contribution < -0.4 is 10.6 Å². The molecule has 1 saturated carbocycles. The molecule has 0 aromatic carbocycles. The highest BCUT2D eigenvalue weighted by molar-refractivity contribution is 5.94. The number of hydrogen-bond donors (Lipinski definition) is 2. The number of oxazole rings is 1. The molecule has 0 radical (unpaired) electrons. The molecular formula is C15H20N4O4. The van der Waals surface area contributed by atoms with Crippen molar-refractivity contribution < 1.29 is 18.8 Å². The Bertz CT molecular complexity index is 608. The van der Waals surface area contributed by atoms with E-state index in [1.165, 1.54) is 6.26 Å². The Morgan fingerprint density at radius 2 is 2.22 bits per heavy atom. The van der Waals surface area contributed by atoms with Crippen molar-refractivity contribution in [3.63, 3.8) is 0 Å². The molecule has 0 bridgehead atoms. The summed E-state index contributed by atoms with van der Waals surface area (Å²) in [6, 6.07) is 0.0507. The zero-order valence-corrected chi connectivity index (χ0v) is 12.8. The number of rotatable bonds is 7. The van der Waals surface area contributed by atoms with Gasteiger partial charge in [-0.1, -0.05) is 0 Å². The molecule has 0 spiro atoms. The number of nitrogens with one attached hydrogen (secondary N) is 2. The molecule has 2 N–H and O–H groups in total. The Morgan fingerprint density at radius 3 is 2.91 bits per heavy atom. The molecule has 2 aliphatic rings. The van der Waals surface area contributed by atoms with Crippen molar-refractivity contribution in [3.8, 4) is 0 Å². The van der Waals surface area contributed by atoms with Crippen molar-refractivity contribution in [1.29, 1.82) is 0 Å². The minimum absolute atomic E-state index is 0.0486. The molecule has 124 valence electrons. The van der Waals surface area contributed by atoms with Crippen LogP contribution >= 0.6 is 0 Å². The molecule has 8 nitrogen and oxygen atoms in total. The van der Waals surface area contributed by atoms with E-state index in [2.05, 4.69) is 15.6 Å². The molecule has 3 rings (SSSR count). The predicted octanol–water partition coefficient (Wildman–Crippen LogP) is 0.765. The van der Waals surface area contributed by atoms with Gasteiger partial charge in [-0.25, -0.2) is 0 Å². The van der Waals surface area contributed by atoms with Crippen molar-refractivity contribution in [2.45, 2.75) is 32.1 Å². The highest BCUT2D eigenvalue weighted by atomic mass is 16.4. The van der Waals surface area contributed by atoms with Crippen molar-refractivity contribution in [2.75, 3.05) is 25.0 Å². The smallest absolute Gasteiger partial charge is 0.302 e. The van der Waals surface area contributed by atoms with Gasteiger partial charge in [0, 0.05) is 32.0 Å². The van der Waals surface area contributed by atoms with Gasteiger partial charge in [-0.2, -0.15) is 4.98 Å². The van der Waals surface area contributed by atoms with E-state index in [1.54, 1.807) is 0 Å². The fourth-order valence-corrected chi connectivity index (χ4v) is 2.49. The van der Waals surface area contributed by atoms with Gasteiger partial charge in [0.1, 0.15) is 6.26 Å². The summed E-state index contributed by atoms with van der Waals surface area (Å²) in [4.78, 5) is 40.7. The Hall–Kier alpha value is -2.38. The fraction of sp³-hybridized carbons (Fsp3) is 0.600. The molecule has 1 aliphatic carbocycles. The summed E-state index contributed by atoms with van der Waals surface area (Å²) < 4.78 is 5.08. The maximum absolute atomic E-state index is 11.9. The number of carbonyl (C=O) groups is 3. The Kier molecular flexibility index (Phi) is 4.59. The zero-order valence-electron chi connectivity index (χ0n) is 12.8. The SMILES string of the molecule is O=C(NCCCN1CCCC1=O)c1coc(NC(=O)C2CC2)n1. The summed E-state index contributed by atoms with van der Waals surface area (Å²) in [5, 5.41) is 5.27. The maximum Gasteiger partial charge on any atom is 0.302 e. The van der Waals surface area contributed by atoms with Gasteiger partial charge in [0.25, 0.3) is 5.91 Å². The number of amides is 3. The van der Waals surface area contributed by atoms with E-state index in [1.807, 2.05) is 4.90 Å². The van der Waals surface area contributed by atoms with Crippen LogP contribution in [0.5, 0.6) is 0 Å². The third-order valence-electron chi connectivity index (χ3n) is 3.98. The van der Waals surface area contributed by atoms with Crippen LogP contribution in [-0.2, 0) is 9.59 Å². The summed E-state index contributed by atoms with van der Waals surface area (Å²) in [7, 11) is 0. The second-order valence-electron chi connectivity index (χ2n) is 5.90. The van der Waals surface area contributed by atoms with Crippen LogP contribution in [0.4, 0.5) is 6.01 Å². The lowest BCUT2D eigenvalue weighted by molar-refractivity contribution is -0.127. The highest BCUT2D eigenvalue weighted by Crippen LogP contribution is 2.30. The molecule has 2 heterocycles. The monoisotopic (exact) mass is 320 g/mol. The molecule has 3 amide bonds. The predicted molar refractivity (Wildman–Crippen MR) is 80.6 cm³/mol. The molecule has 1 saturated heterocycles. The van der Waals surface area contributed by atoms with Crippen molar-refractivity contribution in [3.05, 3.63) is 12.0 Å². The van der Waals surface area contributed by atoms with Crippen LogP contribution in [0, 0.1) is 5.92 Å². The third-order valence-corrected chi connectivity index (χ3v) is 3.98. The number of nitrogens with zero attached hydrogens (tertiary/aromatic N) is 2. The molecule has 2 fully saturated rings. The van der Waals surface area contributed by atoms with Crippen LogP contribution in [0.2, 0.25) is 0 Å². The van der Waals surface area contributed by atoms with Crippen molar-refractivity contribution >= 4 is 23.7 Å². The first-order chi connectivity index (χ1) is 11.1. The Morgan fingerprint density at radius 1 is 1.39 bits per heavy atom. The number of hydrogen-bond acceptors (Lipinski definition) is 5. The molecule has 23 heavy (non-hydrogen) atoms. The lowest BCUT2D eigenvalue weighted by atomic mass is 10.3. The average molecular weight is 320 g/mol. The first-order valence-corrected chi connectivity index (χ1v) is 7.96. The topological polar surface area (TPSA) is 105 Å². The van der Waals surface area contributed by atoms with E-state index in [0.29, 0.717) is 25.9 Å². The molecule has 8 heteroatoms. The van der Waals surface area contributed by atoms with Gasteiger partial charge in [-0.15, -0.1) is 0 Å². The van der Waals surface area contributed by atoms with Crippen molar-refractivity contribution in [2.24, 2.45) is 5.92 Å². The lowest BCUT2D eigenvalue weighted by Crippen LogP contribution is -2.30. The minimum Gasteiger partial charge on any atom is -0.431 e. The largest absolute Gasteiger partial charge is 0.431 e. The van der Waals surface area contributed by atoms with E-state index in [0.717, 1.165) is 25.8 Å². The summed E-state index contributed by atoms with van der Waals surface area (Å²) in [5.74, 6) is -0.237. The fourth-order valence-electron chi connectivity index (χ4n) is 2.49. The van der Waals surface area contributed by atoms with E-state index in [-0.39, 0.29) is 35.3 Å². The molecule has 0 unspecified atom stereocenters. The molecule has 0 atom stereocenters. The Labute approximate surface area is 133 Å². The van der Waals surface area contributed by atoms with Crippen LogP contribution in [0.25, 0.3) is 0 Å². The van der Waals surface area contributed by atoms with Crippen LogP contribution in [0.3, 0.4) is 0 Å². The first-order valence-electron chi connectivity index (χ1n) is 7.96. The lowest BCUT2D eigenvalue weighted by Gasteiger charge is -2.14. The number of aromatic nitrogens is 1. The Balaban J connectivity index is 1.38. The van der Waals surface area contributed by atoms with Crippen LogP contribution in [0.15, 0.2) is 10.7 Å². The summed E-state index contributed by atoms with van der Waals surface area (Å²) in [5.41, 5.74) is 0.133. The van der Waals surface area contributed by atoms with E-state index in [4.69, 9.17) is 4.42 Å². The normalized spacial score (nSPS) is 17.4. The van der Waals surface area contributed by atoms with Gasteiger partial charge >= 0.3 is 6.01 Å². The highest BCUT2D eigenvalue weighted by Gasteiger charge is 2.30. The van der Waals surface area contributed by atoms with Gasteiger partial charge in [-0.05, 0) is 25.7 Å². The average Bonchev–Trinajstić information content (AvgIpc) is 3.16.